The third-order valence-electron chi connectivity index (χ3n) is 4.42. The van der Waals surface area contributed by atoms with E-state index in [1.165, 1.54) is 23.9 Å². The van der Waals surface area contributed by atoms with E-state index in [-0.39, 0.29) is 10.1 Å². The van der Waals surface area contributed by atoms with Gasteiger partial charge in [-0.1, -0.05) is 58.8 Å². The molecular weight excluding hydrogens is 369 g/mol. The quantitative estimate of drug-likeness (QED) is 0.392. The Bertz CT molecular complexity index is 471. The largest absolute Gasteiger partial charge is 0.420 e. The molecule has 0 aliphatic rings. The second-order valence-corrected chi connectivity index (χ2v) is 7.29. The molecule has 0 saturated carbocycles. The van der Waals surface area contributed by atoms with Gasteiger partial charge in [0.1, 0.15) is 10.2 Å². The number of halogens is 4. The molecule has 1 aromatic heterocycles. The highest BCUT2D eigenvalue weighted by Gasteiger charge is 2.38. The lowest BCUT2D eigenvalue weighted by molar-refractivity contribution is -0.138. The summed E-state index contributed by atoms with van der Waals surface area (Å²) in [6, 6.07) is 0. The lowest BCUT2D eigenvalue weighted by Gasteiger charge is -2.30. The van der Waals surface area contributed by atoms with Gasteiger partial charge in [0, 0.05) is 6.20 Å². The first-order valence-electron chi connectivity index (χ1n) is 8.57. The summed E-state index contributed by atoms with van der Waals surface area (Å²) in [4.78, 5) is 0. The molecule has 0 aromatic carbocycles. The second kappa shape index (κ2) is 9.09. The number of hydrogen-bond donors (Lipinski definition) is 0. The molecular formula is C17H28BrF3N2. The van der Waals surface area contributed by atoms with E-state index in [1.807, 2.05) is 6.92 Å². The molecule has 1 rings (SSSR count). The molecule has 1 unspecified atom stereocenters. The average molecular weight is 397 g/mol. The van der Waals surface area contributed by atoms with Crippen LogP contribution in [0.4, 0.5) is 13.2 Å². The Morgan fingerprint density at radius 2 is 1.57 bits per heavy atom. The van der Waals surface area contributed by atoms with Gasteiger partial charge in [-0.2, -0.15) is 18.3 Å². The van der Waals surface area contributed by atoms with E-state index in [0.29, 0.717) is 0 Å². The Balaban J connectivity index is 2.87. The maximum atomic E-state index is 13.0. The summed E-state index contributed by atoms with van der Waals surface area (Å²) in [5, 5.41) is 4.13. The smallest absolute Gasteiger partial charge is 0.265 e. The Labute approximate surface area is 146 Å². The molecule has 1 atom stereocenters. The second-order valence-electron chi connectivity index (χ2n) is 6.54. The molecule has 0 aliphatic carbocycles. The lowest BCUT2D eigenvalue weighted by atomic mass is 9.88. The third-order valence-corrected chi connectivity index (χ3v) is 5.00. The van der Waals surface area contributed by atoms with E-state index in [0.717, 1.165) is 44.7 Å². The topological polar surface area (TPSA) is 17.8 Å². The van der Waals surface area contributed by atoms with Gasteiger partial charge >= 0.3 is 6.18 Å². The van der Waals surface area contributed by atoms with Crippen molar-refractivity contribution in [3.8, 4) is 0 Å². The number of nitrogens with zero attached hydrogens (tertiary/aromatic N) is 2. The van der Waals surface area contributed by atoms with Crippen molar-refractivity contribution in [3.05, 3.63) is 16.4 Å². The molecule has 0 spiro atoms. The van der Waals surface area contributed by atoms with Crippen molar-refractivity contribution >= 4 is 15.9 Å². The highest BCUT2D eigenvalue weighted by atomic mass is 79.9. The van der Waals surface area contributed by atoms with E-state index in [1.54, 1.807) is 0 Å². The van der Waals surface area contributed by atoms with Crippen molar-refractivity contribution in [2.75, 3.05) is 0 Å². The minimum atomic E-state index is -4.37. The normalized spacial score (nSPS) is 14.9. The monoisotopic (exact) mass is 396 g/mol. The predicted octanol–water partition coefficient (Wildman–Crippen LogP) is 6.93. The van der Waals surface area contributed by atoms with Crippen LogP contribution in [0.25, 0.3) is 0 Å². The highest BCUT2D eigenvalue weighted by Crippen LogP contribution is 2.37. The van der Waals surface area contributed by atoms with Crippen LogP contribution in [0.15, 0.2) is 10.8 Å². The molecule has 0 fully saturated rings. The molecule has 0 aliphatic heterocycles. The Hall–Kier alpha value is -0.520. The van der Waals surface area contributed by atoms with Crippen LogP contribution in [0, 0.1) is 0 Å². The fourth-order valence-electron chi connectivity index (χ4n) is 2.84. The molecule has 0 radical (unpaired) electrons. The molecule has 0 amide bonds. The van der Waals surface area contributed by atoms with Gasteiger partial charge in [-0.25, -0.2) is 0 Å². The summed E-state index contributed by atoms with van der Waals surface area (Å²) >= 11 is 2.96. The molecule has 134 valence electrons. The molecule has 2 nitrogen and oxygen atoms in total. The van der Waals surface area contributed by atoms with Gasteiger partial charge in [-0.05, 0) is 35.7 Å². The first kappa shape index (κ1) is 20.5. The molecule has 6 heteroatoms. The van der Waals surface area contributed by atoms with E-state index < -0.39 is 11.7 Å². The molecule has 0 bridgehead atoms. The molecule has 0 saturated heterocycles. The molecule has 0 N–H and O–H groups in total. The van der Waals surface area contributed by atoms with Crippen molar-refractivity contribution in [1.29, 1.82) is 0 Å². The third kappa shape index (κ3) is 6.12. The SMILES string of the molecule is CCCCCCCC(C)(CCCC)n1cc(C(F)(F)F)c(Br)n1. The number of unbranched alkanes of at least 4 members (excludes halogenated alkanes) is 5. The first-order valence-corrected chi connectivity index (χ1v) is 9.36. The van der Waals surface area contributed by atoms with Crippen molar-refractivity contribution in [1.82, 2.24) is 9.78 Å². The Morgan fingerprint density at radius 3 is 2.09 bits per heavy atom. The fraction of sp³-hybridized carbons (Fsp3) is 0.824. The Kier molecular flexibility index (Phi) is 8.11. The van der Waals surface area contributed by atoms with Crippen LogP contribution in [0.3, 0.4) is 0 Å². The number of aromatic nitrogens is 2. The van der Waals surface area contributed by atoms with Crippen LogP contribution in [0.2, 0.25) is 0 Å². The zero-order chi connectivity index (χ0) is 17.5. The minimum absolute atomic E-state index is 0.112. The zero-order valence-electron chi connectivity index (χ0n) is 14.3. The lowest BCUT2D eigenvalue weighted by Crippen LogP contribution is -2.31. The van der Waals surface area contributed by atoms with Crippen molar-refractivity contribution in [2.24, 2.45) is 0 Å². The van der Waals surface area contributed by atoms with Gasteiger partial charge in [0.2, 0.25) is 0 Å². The van der Waals surface area contributed by atoms with Gasteiger partial charge < -0.3 is 0 Å². The molecule has 23 heavy (non-hydrogen) atoms. The van der Waals surface area contributed by atoms with E-state index in [9.17, 15) is 13.2 Å². The predicted molar refractivity (Wildman–Crippen MR) is 91.5 cm³/mol. The van der Waals surface area contributed by atoms with Gasteiger partial charge in [-0.3, -0.25) is 4.68 Å². The number of rotatable bonds is 10. The zero-order valence-corrected chi connectivity index (χ0v) is 15.9. The minimum Gasteiger partial charge on any atom is -0.265 e. The van der Waals surface area contributed by atoms with Crippen LogP contribution < -0.4 is 0 Å². The maximum absolute atomic E-state index is 13.0. The van der Waals surface area contributed by atoms with Gasteiger partial charge in [0.05, 0.1) is 5.54 Å². The summed E-state index contributed by atoms with van der Waals surface area (Å²) in [5.41, 5.74) is -1.04. The fourth-order valence-corrected chi connectivity index (χ4v) is 3.34. The van der Waals surface area contributed by atoms with Crippen LogP contribution in [-0.4, -0.2) is 9.78 Å². The highest BCUT2D eigenvalue weighted by molar-refractivity contribution is 9.10. The Morgan fingerprint density at radius 1 is 1.00 bits per heavy atom. The summed E-state index contributed by atoms with van der Waals surface area (Å²) in [7, 11) is 0. The van der Waals surface area contributed by atoms with Gasteiger partial charge in [0.15, 0.2) is 0 Å². The number of hydrogen-bond acceptors (Lipinski definition) is 1. The van der Waals surface area contributed by atoms with Crippen LogP contribution in [0.1, 0.15) is 84.1 Å². The van der Waals surface area contributed by atoms with Crippen molar-refractivity contribution < 1.29 is 13.2 Å². The molecule has 1 aromatic rings. The van der Waals surface area contributed by atoms with E-state index in [2.05, 4.69) is 34.9 Å². The summed E-state index contributed by atoms with van der Waals surface area (Å²) in [6.45, 7) is 6.30. The maximum Gasteiger partial charge on any atom is 0.420 e. The van der Waals surface area contributed by atoms with E-state index in [4.69, 9.17) is 0 Å². The van der Waals surface area contributed by atoms with Crippen molar-refractivity contribution in [2.45, 2.75) is 90.3 Å². The van der Waals surface area contributed by atoms with Gasteiger partial charge in [0.25, 0.3) is 0 Å². The molecule has 1 heterocycles. The average Bonchev–Trinajstić information content (AvgIpc) is 2.88. The standard InChI is InChI=1S/C17H28BrF3N2/c1-4-6-8-9-10-12-16(3,11-7-5-2)23-13-14(15(18)22-23)17(19,20)21/h13H,4-12H2,1-3H3. The van der Waals surface area contributed by atoms with Crippen LogP contribution in [0.5, 0.6) is 0 Å². The summed E-state index contributed by atoms with van der Waals surface area (Å²) in [5.74, 6) is 0. The van der Waals surface area contributed by atoms with Crippen LogP contribution in [-0.2, 0) is 11.7 Å². The number of alkyl halides is 3. The van der Waals surface area contributed by atoms with Crippen molar-refractivity contribution in [3.63, 3.8) is 0 Å². The van der Waals surface area contributed by atoms with Crippen LogP contribution >= 0.6 is 15.9 Å². The summed E-state index contributed by atoms with van der Waals surface area (Å²) < 4.78 is 40.5. The van der Waals surface area contributed by atoms with Gasteiger partial charge in [-0.15, -0.1) is 0 Å². The first-order chi connectivity index (χ1) is 10.7. The summed E-state index contributed by atoms with van der Waals surface area (Å²) in [6.07, 6.45) is 6.27. The van der Waals surface area contributed by atoms with E-state index >= 15 is 0 Å².